The molecule has 3 amide bonds. The van der Waals surface area contributed by atoms with E-state index in [1.54, 1.807) is 12.1 Å². The first-order valence-corrected chi connectivity index (χ1v) is 7.52. The van der Waals surface area contributed by atoms with E-state index in [0.717, 1.165) is 27.9 Å². The Kier molecular flexibility index (Phi) is 4.60. The molecule has 118 valence electrons. The van der Waals surface area contributed by atoms with Gasteiger partial charge in [-0.25, -0.2) is 9.69 Å². The largest absolute Gasteiger partial charge is 0.481 e. The van der Waals surface area contributed by atoms with Crippen LogP contribution in [0.1, 0.15) is 17.4 Å². The Morgan fingerprint density at radius 1 is 1.32 bits per heavy atom. The summed E-state index contributed by atoms with van der Waals surface area (Å²) in [6.07, 6.45) is -0.334. The summed E-state index contributed by atoms with van der Waals surface area (Å²) in [5.41, 5.74) is 6.99. The van der Waals surface area contributed by atoms with Crippen molar-refractivity contribution in [3.05, 3.63) is 29.8 Å². The number of carbonyl (C=O) groups is 3. The molecule has 0 aromatic heterocycles. The molecule has 2 atom stereocenters. The van der Waals surface area contributed by atoms with E-state index in [1.165, 1.54) is 0 Å². The molecule has 1 aliphatic heterocycles. The number of nitrogens with two attached hydrogens (primary N) is 1. The minimum absolute atomic E-state index is 0.334. The van der Waals surface area contributed by atoms with E-state index in [2.05, 4.69) is 0 Å². The molecule has 0 bridgehead atoms. The number of hydrogen-bond donors (Lipinski definition) is 2. The zero-order valence-electron chi connectivity index (χ0n) is 12.2. The lowest BCUT2D eigenvalue weighted by Gasteiger charge is -2.21. The normalized spacial score (nSPS) is 21.0. The minimum atomic E-state index is -1.08. The molecule has 0 spiro atoms. The van der Waals surface area contributed by atoms with Crippen LogP contribution in [0.5, 0.6) is 0 Å². The molecule has 0 radical (unpaired) electrons. The number of anilines is 1. The topological polar surface area (TPSA) is 104 Å². The summed E-state index contributed by atoms with van der Waals surface area (Å²) in [4.78, 5) is 37.4. The Balaban J connectivity index is 2.29. The monoisotopic (exact) mass is 323 g/mol. The summed E-state index contributed by atoms with van der Waals surface area (Å²) in [6, 6.07) is 6.47. The van der Waals surface area contributed by atoms with Crippen molar-refractivity contribution < 1.29 is 19.5 Å². The van der Waals surface area contributed by atoms with Crippen molar-refractivity contribution in [1.29, 1.82) is 0 Å². The second-order valence-corrected chi connectivity index (χ2v) is 6.40. The Bertz CT molecular complexity index is 603. The van der Waals surface area contributed by atoms with Gasteiger partial charge in [-0.2, -0.15) is 0 Å². The fraction of sp³-hybridized carbons (Fsp3) is 0.357. The number of amides is 3. The highest BCUT2D eigenvalue weighted by atomic mass is 32.2. The number of rotatable bonds is 4. The second kappa shape index (κ2) is 6.27. The van der Waals surface area contributed by atoms with Crippen LogP contribution in [-0.2, 0) is 9.59 Å². The average Bonchev–Trinajstić information content (AvgIpc) is 2.75. The van der Waals surface area contributed by atoms with Crippen LogP contribution in [0, 0.1) is 0 Å². The first-order valence-electron chi connectivity index (χ1n) is 6.58. The number of carboxylic acid groups (broad SMARTS) is 1. The van der Waals surface area contributed by atoms with Crippen LogP contribution in [0.15, 0.2) is 24.3 Å². The van der Waals surface area contributed by atoms with Crippen LogP contribution < -0.4 is 10.6 Å². The number of aliphatic carboxylic acids is 1. The van der Waals surface area contributed by atoms with Gasteiger partial charge in [0.1, 0.15) is 5.37 Å². The van der Waals surface area contributed by atoms with E-state index >= 15 is 0 Å². The zero-order valence-corrected chi connectivity index (χ0v) is 13.0. The van der Waals surface area contributed by atoms with Gasteiger partial charge in [0.05, 0.1) is 11.7 Å². The van der Waals surface area contributed by atoms with Crippen molar-refractivity contribution in [2.45, 2.75) is 17.0 Å². The van der Waals surface area contributed by atoms with Crippen molar-refractivity contribution >= 4 is 35.4 Å². The number of carboxylic acids is 1. The maximum Gasteiger partial charge on any atom is 0.322 e. The van der Waals surface area contributed by atoms with Gasteiger partial charge in [-0.05, 0) is 17.7 Å². The van der Waals surface area contributed by atoms with Gasteiger partial charge < -0.3 is 15.7 Å². The maximum absolute atomic E-state index is 12.2. The Morgan fingerprint density at radius 3 is 2.36 bits per heavy atom. The lowest BCUT2D eigenvalue weighted by molar-refractivity contribution is -0.139. The summed E-state index contributed by atoms with van der Waals surface area (Å²) >= 11 is 1.13. The van der Waals surface area contributed by atoms with Crippen molar-refractivity contribution in [1.82, 2.24) is 4.90 Å². The predicted molar refractivity (Wildman–Crippen MR) is 83.6 cm³/mol. The number of thioether (sulfide) groups is 1. The van der Waals surface area contributed by atoms with Crippen molar-refractivity contribution in [2.75, 3.05) is 19.0 Å². The second-order valence-electron chi connectivity index (χ2n) is 5.11. The summed E-state index contributed by atoms with van der Waals surface area (Å²) in [6.45, 7) is 0. The molecule has 2 unspecified atom stereocenters. The molecule has 0 saturated carbocycles. The van der Waals surface area contributed by atoms with Crippen LogP contribution in [-0.4, -0.2) is 47.3 Å². The van der Waals surface area contributed by atoms with Gasteiger partial charge in [-0.15, -0.1) is 11.8 Å². The number of nitrogens with zero attached hydrogens (tertiary/aromatic N) is 2. The molecular weight excluding hydrogens is 306 g/mol. The van der Waals surface area contributed by atoms with E-state index in [4.69, 9.17) is 10.8 Å². The lowest BCUT2D eigenvalue weighted by Crippen LogP contribution is -2.40. The standard InChI is InChI=1S/C14H17N3O4S/c1-16(2)9-5-3-8(4-6-9)13-17(14(15)21)12(20)10(22-13)7-11(18)19/h3-6,10,13H,7H2,1-2H3,(H2,15,21)(H,18,19). The predicted octanol–water partition coefficient (Wildman–Crippen LogP) is 1.25. The fourth-order valence-corrected chi connectivity index (χ4v) is 3.65. The molecule has 0 aliphatic carbocycles. The van der Waals surface area contributed by atoms with E-state index in [0.29, 0.717) is 0 Å². The highest BCUT2D eigenvalue weighted by Gasteiger charge is 2.44. The molecule has 7 nitrogen and oxygen atoms in total. The van der Waals surface area contributed by atoms with E-state index in [9.17, 15) is 14.4 Å². The molecule has 1 aromatic carbocycles. The molecule has 1 fully saturated rings. The third kappa shape index (κ3) is 3.16. The molecule has 1 aromatic rings. The lowest BCUT2D eigenvalue weighted by atomic mass is 10.1. The van der Waals surface area contributed by atoms with Gasteiger partial charge in [0, 0.05) is 19.8 Å². The molecule has 1 saturated heterocycles. The van der Waals surface area contributed by atoms with Crippen LogP contribution in [0.3, 0.4) is 0 Å². The van der Waals surface area contributed by atoms with E-state index in [1.807, 2.05) is 31.1 Å². The van der Waals surface area contributed by atoms with Gasteiger partial charge in [0.2, 0.25) is 5.91 Å². The van der Waals surface area contributed by atoms with Crippen LogP contribution >= 0.6 is 11.8 Å². The van der Waals surface area contributed by atoms with Crippen molar-refractivity contribution in [2.24, 2.45) is 5.73 Å². The third-order valence-electron chi connectivity index (χ3n) is 3.33. The highest BCUT2D eigenvalue weighted by Crippen LogP contribution is 2.44. The molecule has 3 N–H and O–H groups in total. The van der Waals surface area contributed by atoms with Gasteiger partial charge >= 0.3 is 12.0 Å². The van der Waals surface area contributed by atoms with Crippen molar-refractivity contribution in [3.63, 3.8) is 0 Å². The molecule has 2 rings (SSSR count). The highest BCUT2D eigenvalue weighted by molar-refractivity contribution is 8.01. The Morgan fingerprint density at radius 2 is 1.91 bits per heavy atom. The number of carbonyl (C=O) groups excluding carboxylic acids is 2. The minimum Gasteiger partial charge on any atom is -0.481 e. The van der Waals surface area contributed by atoms with E-state index in [-0.39, 0.29) is 6.42 Å². The molecule has 1 aliphatic rings. The molecular formula is C14H17N3O4S. The summed E-state index contributed by atoms with van der Waals surface area (Å²) in [7, 11) is 3.81. The molecule has 22 heavy (non-hydrogen) atoms. The molecule has 1 heterocycles. The number of benzene rings is 1. The van der Waals surface area contributed by atoms with Gasteiger partial charge in [0.25, 0.3) is 0 Å². The number of imide groups is 1. The van der Waals surface area contributed by atoms with E-state index < -0.39 is 28.5 Å². The van der Waals surface area contributed by atoms with Crippen LogP contribution in [0.25, 0.3) is 0 Å². The quantitative estimate of drug-likeness (QED) is 0.864. The number of hydrogen-bond acceptors (Lipinski definition) is 5. The average molecular weight is 323 g/mol. The fourth-order valence-electron chi connectivity index (χ4n) is 2.23. The van der Waals surface area contributed by atoms with Crippen LogP contribution in [0.2, 0.25) is 0 Å². The SMILES string of the molecule is CN(C)c1ccc(C2SC(CC(=O)O)C(=O)N2C(N)=O)cc1. The summed E-state index contributed by atoms with van der Waals surface area (Å²) in [5.74, 6) is -1.64. The molecule has 8 heteroatoms. The zero-order chi connectivity index (χ0) is 16.4. The number of primary amides is 1. The summed E-state index contributed by atoms with van der Waals surface area (Å²) in [5, 5.41) is 7.47. The Labute approximate surface area is 132 Å². The first-order chi connectivity index (χ1) is 10.3. The smallest absolute Gasteiger partial charge is 0.322 e. The number of urea groups is 1. The van der Waals surface area contributed by atoms with Gasteiger partial charge in [-0.3, -0.25) is 9.59 Å². The van der Waals surface area contributed by atoms with Gasteiger partial charge in [-0.1, -0.05) is 12.1 Å². The Hall–Kier alpha value is -2.22. The first kappa shape index (κ1) is 16.2. The summed E-state index contributed by atoms with van der Waals surface area (Å²) < 4.78 is 0. The van der Waals surface area contributed by atoms with Crippen molar-refractivity contribution in [3.8, 4) is 0 Å². The maximum atomic E-state index is 12.2. The van der Waals surface area contributed by atoms with Crippen LogP contribution in [0.4, 0.5) is 10.5 Å². The third-order valence-corrected chi connectivity index (χ3v) is 4.77. The van der Waals surface area contributed by atoms with Gasteiger partial charge in [0.15, 0.2) is 0 Å².